The lowest BCUT2D eigenvalue weighted by molar-refractivity contribution is 0.333. The summed E-state index contributed by atoms with van der Waals surface area (Å²) in [7, 11) is -10.1. The topological polar surface area (TPSA) is 145 Å². The summed E-state index contributed by atoms with van der Waals surface area (Å²) >= 11 is 1.18. The minimum absolute atomic E-state index is 0.0288. The normalized spacial score (nSPS) is 12.5. The highest BCUT2D eigenvalue weighted by molar-refractivity contribution is 7.93. The summed E-state index contributed by atoms with van der Waals surface area (Å²) in [5.74, 6) is -4.46. The minimum atomic E-state index is -5.47. The van der Waals surface area contributed by atoms with Gasteiger partial charge in [-0.3, -0.25) is 0 Å². The van der Waals surface area contributed by atoms with Crippen molar-refractivity contribution >= 4 is 43.1 Å². The van der Waals surface area contributed by atoms with Crippen LogP contribution in [-0.2, 0) is 29.8 Å². The average Bonchev–Trinajstić information content (AvgIpc) is 3.28. The van der Waals surface area contributed by atoms with E-state index in [1.807, 2.05) is 20.8 Å². The second-order valence-corrected chi connectivity index (χ2v) is 13.7. The second-order valence-electron chi connectivity index (χ2n) is 9.45. The number of sulfonamides is 1. The molecule has 0 amide bonds. The van der Waals surface area contributed by atoms with Gasteiger partial charge in [0, 0.05) is 17.2 Å². The lowest BCUT2D eigenvalue weighted by Gasteiger charge is -2.23. The molecular formula is C24H22F3N5O5S3. The van der Waals surface area contributed by atoms with E-state index in [-0.39, 0.29) is 21.7 Å². The van der Waals surface area contributed by atoms with Crippen molar-refractivity contribution in [3.63, 3.8) is 0 Å². The lowest BCUT2D eigenvalue weighted by atomic mass is 9.98. The number of halogens is 3. The molecule has 0 aliphatic rings. The lowest BCUT2D eigenvalue weighted by Crippen LogP contribution is -2.35. The number of benzene rings is 2. The molecule has 4 aromatic rings. The maximum absolute atomic E-state index is 16.3. The van der Waals surface area contributed by atoms with Crippen LogP contribution in [0.15, 0.2) is 53.6 Å². The van der Waals surface area contributed by atoms with E-state index in [9.17, 15) is 25.6 Å². The first-order chi connectivity index (χ1) is 18.5. The number of aromatic nitrogens is 3. The third kappa shape index (κ3) is 5.79. The van der Waals surface area contributed by atoms with Crippen molar-refractivity contribution in [3.8, 4) is 21.8 Å². The molecule has 10 nitrogen and oxygen atoms in total. The fourth-order valence-electron chi connectivity index (χ4n) is 3.49. The predicted molar refractivity (Wildman–Crippen MR) is 144 cm³/mol. The van der Waals surface area contributed by atoms with Crippen LogP contribution in [0.25, 0.3) is 21.8 Å². The van der Waals surface area contributed by atoms with Crippen molar-refractivity contribution in [2.45, 2.75) is 31.1 Å². The van der Waals surface area contributed by atoms with Gasteiger partial charge in [-0.15, -0.1) is 20.1 Å². The molecule has 0 aliphatic heterocycles. The Hall–Kier alpha value is -3.60. The highest BCUT2D eigenvalue weighted by atomic mass is 32.2. The van der Waals surface area contributed by atoms with Gasteiger partial charge in [-0.1, -0.05) is 32.9 Å². The van der Waals surface area contributed by atoms with Crippen LogP contribution in [-0.4, -0.2) is 38.0 Å². The molecule has 0 bridgehead atoms. The quantitative estimate of drug-likeness (QED) is 0.294. The number of nitrogens with two attached hydrogens (primary N) is 1. The number of anilines is 2. The summed E-state index contributed by atoms with van der Waals surface area (Å²) in [4.78, 5) is 11.4. The van der Waals surface area contributed by atoms with Gasteiger partial charge < -0.3 is 5.73 Å². The van der Waals surface area contributed by atoms with Crippen molar-refractivity contribution in [1.29, 1.82) is 0 Å². The standard InChI is InChI=1S/C24H22F3N5O5S3/c1-24(2,3)22-31-19(20(38-22)16-11-12-29-23(28)30-16)13-7-5-10-17(18(13)27)32(37-39(4,33)34)40(35,36)21-14(25)8-6-9-15(21)26/h5-12H,1-4H3,(H2,28,29,30). The second kappa shape index (κ2) is 10.4. The molecule has 0 spiro atoms. The summed E-state index contributed by atoms with van der Waals surface area (Å²) in [5, 5.41) is 0.560. The molecule has 0 fully saturated rings. The van der Waals surface area contributed by atoms with Crippen molar-refractivity contribution < 1.29 is 34.3 Å². The van der Waals surface area contributed by atoms with Crippen LogP contribution in [0, 0.1) is 17.5 Å². The molecule has 2 heterocycles. The van der Waals surface area contributed by atoms with E-state index in [0.29, 0.717) is 34.0 Å². The average molecular weight is 614 g/mol. The zero-order chi connectivity index (χ0) is 29.6. The Morgan fingerprint density at radius 2 is 1.57 bits per heavy atom. The predicted octanol–water partition coefficient (Wildman–Crippen LogP) is 4.65. The number of hydrogen-bond donors (Lipinski definition) is 1. The van der Waals surface area contributed by atoms with Gasteiger partial charge in [-0.05, 0) is 30.3 Å². The molecule has 0 saturated heterocycles. The Morgan fingerprint density at radius 3 is 2.15 bits per heavy atom. The van der Waals surface area contributed by atoms with Crippen LogP contribution in [0.5, 0.6) is 0 Å². The first kappa shape index (κ1) is 29.4. The van der Waals surface area contributed by atoms with E-state index in [0.717, 1.165) is 12.1 Å². The molecule has 40 heavy (non-hydrogen) atoms. The maximum atomic E-state index is 16.3. The summed E-state index contributed by atoms with van der Waals surface area (Å²) in [6.45, 7) is 5.62. The third-order valence-corrected chi connectivity index (χ3v) is 8.84. The fourth-order valence-corrected chi connectivity index (χ4v) is 6.77. The first-order valence-electron chi connectivity index (χ1n) is 11.3. The number of nitrogen functional groups attached to an aromatic ring is 1. The van der Waals surface area contributed by atoms with Gasteiger partial charge >= 0.3 is 0 Å². The summed E-state index contributed by atoms with van der Waals surface area (Å²) < 4.78 is 100. The molecule has 2 N–H and O–H groups in total. The van der Waals surface area contributed by atoms with E-state index in [1.54, 1.807) is 0 Å². The Balaban J connectivity index is 2.00. The molecule has 16 heteroatoms. The van der Waals surface area contributed by atoms with Gasteiger partial charge in [0.25, 0.3) is 20.1 Å². The van der Waals surface area contributed by atoms with Crippen LogP contribution in [0.1, 0.15) is 25.8 Å². The van der Waals surface area contributed by atoms with Crippen LogP contribution in [0.3, 0.4) is 0 Å². The van der Waals surface area contributed by atoms with Gasteiger partial charge in [-0.2, -0.15) is 16.8 Å². The third-order valence-electron chi connectivity index (χ3n) is 5.20. The molecule has 2 aromatic carbocycles. The van der Waals surface area contributed by atoms with Crippen LogP contribution < -0.4 is 10.2 Å². The highest BCUT2D eigenvalue weighted by Crippen LogP contribution is 2.43. The van der Waals surface area contributed by atoms with Gasteiger partial charge in [0.2, 0.25) is 5.95 Å². The smallest absolute Gasteiger partial charge is 0.293 e. The Morgan fingerprint density at radius 1 is 0.950 bits per heavy atom. The molecule has 0 saturated carbocycles. The van der Waals surface area contributed by atoms with E-state index in [1.165, 1.54) is 35.7 Å². The fraction of sp³-hybridized carbons (Fsp3) is 0.208. The van der Waals surface area contributed by atoms with Crippen LogP contribution >= 0.6 is 11.3 Å². The SMILES string of the molecule is CC(C)(C)c1nc(-c2cccc(N(OS(C)(=O)=O)S(=O)(=O)c3c(F)cccc3F)c2F)c(-c2ccnc(N)n2)s1. The van der Waals surface area contributed by atoms with Crippen LogP contribution in [0.2, 0.25) is 0 Å². The summed E-state index contributed by atoms with van der Waals surface area (Å²) in [6.07, 6.45) is 1.88. The van der Waals surface area contributed by atoms with E-state index < -0.39 is 53.6 Å². The zero-order valence-electron chi connectivity index (χ0n) is 21.4. The summed E-state index contributed by atoms with van der Waals surface area (Å²) in [5.41, 5.74) is 4.32. The van der Waals surface area contributed by atoms with Gasteiger partial charge in [0.05, 0.1) is 27.5 Å². The molecule has 0 radical (unpaired) electrons. The molecule has 4 rings (SSSR count). The maximum Gasteiger partial charge on any atom is 0.293 e. The number of thiazole rings is 1. The van der Waals surface area contributed by atoms with Crippen LogP contribution in [0.4, 0.5) is 24.8 Å². The van der Waals surface area contributed by atoms with Crippen molar-refractivity contribution in [3.05, 3.63) is 71.1 Å². The van der Waals surface area contributed by atoms with Crippen molar-refractivity contribution in [1.82, 2.24) is 15.0 Å². The number of rotatable bonds is 7. The highest BCUT2D eigenvalue weighted by Gasteiger charge is 2.37. The number of nitrogens with zero attached hydrogens (tertiary/aromatic N) is 4. The monoisotopic (exact) mass is 613 g/mol. The van der Waals surface area contributed by atoms with E-state index in [2.05, 4.69) is 19.2 Å². The van der Waals surface area contributed by atoms with Gasteiger partial charge in [-0.25, -0.2) is 28.1 Å². The Kier molecular flexibility index (Phi) is 7.66. The summed E-state index contributed by atoms with van der Waals surface area (Å²) in [6, 6.07) is 7.06. The van der Waals surface area contributed by atoms with Crippen molar-refractivity contribution in [2.24, 2.45) is 0 Å². The zero-order valence-corrected chi connectivity index (χ0v) is 23.8. The van der Waals surface area contributed by atoms with Gasteiger partial charge in [0.15, 0.2) is 10.7 Å². The molecule has 0 unspecified atom stereocenters. The minimum Gasteiger partial charge on any atom is -0.368 e. The van der Waals surface area contributed by atoms with Gasteiger partial charge in [0.1, 0.15) is 17.3 Å². The first-order valence-corrected chi connectivity index (χ1v) is 15.4. The molecule has 212 valence electrons. The molecular weight excluding hydrogens is 591 g/mol. The van der Waals surface area contributed by atoms with Crippen molar-refractivity contribution in [2.75, 3.05) is 16.5 Å². The van der Waals surface area contributed by atoms with E-state index >= 15 is 4.39 Å². The molecule has 2 aromatic heterocycles. The Labute approximate surface area is 232 Å². The Bertz CT molecular complexity index is 1800. The number of hydrogen-bond acceptors (Lipinski definition) is 10. The molecule has 0 atom stereocenters. The van der Waals surface area contributed by atoms with E-state index in [4.69, 9.17) is 5.73 Å². The molecule has 0 aliphatic carbocycles. The largest absolute Gasteiger partial charge is 0.368 e.